The third-order valence-electron chi connectivity index (χ3n) is 2.18. The largest absolute Gasteiger partial charge is 0.468 e. The lowest BCUT2D eigenvalue weighted by molar-refractivity contribution is -0.159. The van der Waals surface area contributed by atoms with Crippen LogP contribution in [0.4, 0.5) is 0 Å². The number of methoxy groups -OCH3 is 2. The number of hydrogen-bond acceptors (Lipinski definition) is 7. The molecule has 0 aliphatic rings. The molecule has 0 unspecified atom stereocenters. The number of esters is 2. The third-order valence-corrected chi connectivity index (χ3v) is 2.77. The van der Waals surface area contributed by atoms with Gasteiger partial charge in [0.1, 0.15) is 0 Å². The normalized spacial score (nSPS) is 10.6. The smallest absolute Gasteiger partial charge is 0.320 e. The number of carbonyl (C=O) groups excluding carboxylic acids is 2. The van der Waals surface area contributed by atoms with E-state index in [0.717, 1.165) is 6.26 Å². The van der Waals surface area contributed by atoms with Crippen molar-refractivity contribution >= 4 is 22.1 Å². The molecule has 0 aliphatic heterocycles. The number of hydrogen-bond donors (Lipinski definition) is 0. The van der Waals surface area contributed by atoms with Crippen molar-refractivity contribution in [1.82, 2.24) is 0 Å². The minimum atomic E-state index is -3.45. The molecule has 0 aromatic heterocycles. The van der Waals surface area contributed by atoms with E-state index in [9.17, 15) is 18.0 Å². The summed E-state index contributed by atoms with van der Waals surface area (Å²) < 4.78 is 34.8. The summed E-state index contributed by atoms with van der Waals surface area (Å²) in [6.45, 7) is -0.0245. The molecule has 0 saturated heterocycles. The molecule has 7 nitrogen and oxygen atoms in total. The summed E-state index contributed by atoms with van der Waals surface area (Å²) in [6, 6.07) is 0. The second-order valence-corrected chi connectivity index (χ2v) is 5.41. The van der Waals surface area contributed by atoms with Crippen molar-refractivity contribution in [3.8, 4) is 11.8 Å². The highest BCUT2D eigenvalue weighted by Crippen LogP contribution is 2.10. The summed E-state index contributed by atoms with van der Waals surface area (Å²) in [5.41, 5.74) is 0. The lowest BCUT2D eigenvalue weighted by Gasteiger charge is -2.10. The van der Waals surface area contributed by atoms with Crippen molar-refractivity contribution in [2.75, 3.05) is 27.1 Å². The van der Waals surface area contributed by atoms with Crippen LogP contribution in [0, 0.1) is 17.8 Å². The van der Waals surface area contributed by atoms with E-state index < -0.39 is 28.0 Å². The van der Waals surface area contributed by atoms with E-state index in [4.69, 9.17) is 0 Å². The maximum Gasteiger partial charge on any atom is 0.320 e. The first-order chi connectivity index (χ1) is 9.31. The van der Waals surface area contributed by atoms with Crippen LogP contribution in [0.15, 0.2) is 0 Å². The second-order valence-electron chi connectivity index (χ2n) is 3.77. The lowest BCUT2D eigenvalue weighted by Crippen LogP contribution is -2.26. The van der Waals surface area contributed by atoms with Gasteiger partial charge in [-0.2, -0.15) is 8.42 Å². The van der Waals surface area contributed by atoms with E-state index >= 15 is 0 Å². The number of rotatable bonds is 7. The molecule has 0 saturated carbocycles. The van der Waals surface area contributed by atoms with E-state index in [1.807, 2.05) is 0 Å². The predicted octanol–water partition coefficient (Wildman–Crippen LogP) is 0.0985. The Hall–Kier alpha value is -1.59. The standard InChI is InChI=1S/C12H18O7S/c1-17-11(13)10(12(14)18-2)8-6-4-5-7-9-19-20(3,15)16/h10H,6-9H2,1-3H3. The first-order valence-electron chi connectivity index (χ1n) is 5.77. The van der Waals surface area contributed by atoms with E-state index in [-0.39, 0.29) is 25.9 Å². The van der Waals surface area contributed by atoms with E-state index in [1.54, 1.807) is 0 Å². The van der Waals surface area contributed by atoms with Gasteiger partial charge in [0.2, 0.25) is 0 Å². The molecule has 20 heavy (non-hydrogen) atoms. The van der Waals surface area contributed by atoms with Gasteiger partial charge in [0.15, 0.2) is 5.92 Å². The Morgan fingerprint density at radius 3 is 2.00 bits per heavy atom. The van der Waals surface area contributed by atoms with Gasteiger partial charge < -0.3 is 9.47 Å². The Kier molecular flexibility index (Phi) is 8.59. The predicted molar refractivity (Wildman–Crippen MR) is 69.9 cm³/mol. The van der Waals surface area contributed by atoms with Crippen molar-refractivity contribution in [2.24, 2.45) is 5.92 Å². The third kappa shape index (κ3) is 8.50. The molecule has 0 spiro atoms. The molecular weight excluding hydrogens is 288 g/mol. The SMILES string of the molecule is COC(=O)C(CCC#CCCOS(C)(=O)=O)C(=O)OC. The average Bonchev–Trinajstić information content (AvgIpc) is 2.39. The van der Waals surface area contributed by atoms with Crippen molar-refractivity contribution < 1.29 is 31.7 Å². The summed E-state index contributed by atoms with van der Waals surface area (Å²) >= 11 is 0. The minimum Gasteiger partial charge on any atom is -0.468 e. The molecule has 0 aromatic rings. The maximum atomic E-state index is 11.3. The van der Waals surface area contributed by atoms with Gasteiger partial charge in [-0.05, 0) is 6.42 Å². The molecule has 0 bridgehead atoms. The first-order valence-corrected chi connectivity index (χ1v) is 7.59. The topological polar surface area (TPSA) is 96.0 Å². The molecule has 0 N–H and O–H groups in total. The molecule has 0 fully saturated rings. The van der Waals surface area contributed by atoms with Gasteiger partial charge in [-0.1, -0.05) is 0 Å². The Balaban J connectivity index is 4.13. The molecule has 0 aliphatic carbocycles. The van der Waals surface area contributed by atoms with Gasteiger partial charge >= 0.3 is 11.9 Å². The summed E-state index contributed by atoms with van der Waals surface area (Å²) in [6.07, 6.45) is 1.67. The Morgan fingerprint density at radius 2 is 1.55 bits per heavy atom. The summed E-state index contributed by atoms with van der Waals surface area (Å²) in [4.78, 5) is 22.7. The van der Waals surface area contributed by atoms with Gasteiger partial charge in [0.25, 0.3) is 10.1 Å². The van der Waals surface area contributed by atoms with Gasteiger partial charge in [-0.3, -0.25) is 13.8 Å². The fraction of sp³-hybridized carbons (Fsp3) is 0.667. The van der Waals surface area contributed by atoms with Crippen LogP contribution in [0.3, 0.4) is 0 Å². The highest BCUT2D eigenvalue weighted by Gasteiger charge is 2.27. The van der Waals surface area contributed by atoms with Crippen LogP contribution in [-0.2, 0) is 33.4 Å². The van der Waals surface area contributed by atoms with Crippen LogP contribution in [0.2, 0.25) is 0 Å². The van der Waals surface area contributed by atoms with Crippen molar-refractivity contribution in [3.63, 3.8) is 0 Å². The van der Waals surface area contributed by atoms with Crippen LogP contribution in [-0.4, -0.2) is 47.4 Å². The molecule has 0 rings (SSSR count). The fourth-order valence-electron chi connectivity index (χ4n) is 1.25. The highest BCUT2D eigenvalue weighted by molar-refractivity contribution is 7.85. The zero-order valence-electron chi connectivity index (χ0n) is 11.7. The quantitative estimate of drug-likeness (QED) is 0.216. The summed E-state index contributed by atoms with van der Waals surface area (Å²) in [5.74, 6) is 3.07. The second kappa shape index (κ2) is 9.34. The van der Waals surface area contributed by atoms with Crippen LogP contribution in [0.25, 0.3) is 0 Å². The highest BCUT2D eigenvalue weighted by atomic mass is 32.2. The molecule has 0 aromatic carbocycles. The molecule has 0 heterocycles. The Labute approximate surface area is 118 Å². The lowest BCUT2D eigenvalue weighted by atomic mass is 10.0. The zero-order valence-corrected chi connectivity index (χ0v) is 12.5. The molecule has 8 heteroatoms. The number of ether oxygens (including phenoxy) is 2. The van der Waals surface area contributed by atoms with E-state index in [2.05, 4.69) is 25.5 Å². The minimum absolute atomic E-state index is 0.0245. The average molecular weight is 306 g/mol. The van der Waals surface area contributed by atoms with E-state index in [0.29, 0.717) is 0 Å². The van der Waals surface area contributed by atoms with Crippen LogP contribution in [0.1, 0.15) is 19.3 Å². The summed E-state index contributed by atoms with van der Waals surface area (Å²) in [7, 11) is -1.08. The molecular formula is C12H18O7S. The van der Waals surface area contributed by atoms with Crippen molar-refractivity contribution in [1.29, 1.82) is 0 Å². The fourth-order valence-corrected chi connectivity index (χ4v) is 1.64. The maximum absolute atomic E-state index is 11.3. The van der Waals surface area contributed by atoms with Gasteiger partial charge in [-0.25, -0.2) is 0 Å². The first kappa shape index (κ1) is 18.4. The van der Waals surface area contributed by atoms with E-state index in [1.165, 1.54) is 14.2 Å². The monoisotopic (exact) mass is 306 g/mol. The van der Waals surface area contributed by atoms with Crippen LogP contribution < -0.4 is 0 Å². The zero-order chi connectivity index (χ0) is 15.6. The molecule has 0 amide bonds. The van der Waals surface area contributed by atoms with Crippen LogP contribution in [0.5, 0.6) is 0 Å². The van der Waals surface area contributed by atoms with Crippen LogP contribution >= 0.6 is 0 Å². The van der Waals surface area contributed by atoms with Gasteiger partial charge in [0.05, 0.1) is 27.1 Å². The Bertz CT molecular complexity index is 468. The number of carbonyl (C=O) groups is 2. The van der Waals surface area contributed by atoms with Crippen molar-refractivity contribution in [3.05, 3.63) is 0 Å². The van der Waals surface area contributed by atoms with Gasteiger partial charge in [0, 0.05) is 12.8 Å². The molecule has 0 radical (unpaired) electrons. The van der Waals surface area contributed by atoms with Crippen molar-refractivity contribution in [2.45, 2.75) is 19.3 Å². The molecule has 114 valence electrons. The Morgan fingerprint density at radius 1 is 1.05 bits per heavy atom. The van der Waals surface area contributed by atoms with Gasteiger partial charge in [-0.15, -0.1) is 11.8 Å². The summed E-state index contributed by atoms with van der Waals surface area (Å²) in [5, 5.41) is 0. The molecule has 0 atom stereocenters.